The van der Waals surface area contributed by atoms with Gasteiger partial charge < -0.3 is 0 Å². The van der Waals surface area contributed by atoms with Gasteiger partial charge in [0.25, 0.3) is 0 Å². The number of hydrogen-bond acceptors (Lipinski definition) is 0. The quantitative estimate of drug-likeness (QED) is 0.686. The van der Waals surface area contributed by atoms with E-state index in [1.807, 2.05) is 0 Å². The van der Waals surface area contributed by atoms with Crippen LogP contribution in [0.4, 0.5) is 0 Å². The van der Waals surface area contributed by atoms with Gasteiger partial charge in [0.05, 0.1) is 0 Å². The summed E-state index contributed by atoms with van der Waals surface area (Å²) in [7, 11) is 0. The zero-order chi connectivity index (χ0) is 10.7. The van der Waals surface area contributed by atoms with Crippen LogP contribution in [0.1, 0.15) is 31.2 Å². The van der Waals surface area contributed by atoms with E-state index < -0.39 is 0 Å². The molecule has 0 bridgehead atoms. The first-order valence-electron chi connectivity index (χ1n) is 5.64. The minimum Gasteiger partial charge on any atom is -0.123 e. The molecule has 2 atom stereocenters. The lowest BCUT2D eigenvalue weighted by Crippen LogP contribution is -2.21. The minimum absolute atomic E-state index is 0.387. The third-order valence-corrected chi connectivity index (χ3v) is 4.27. The van der Waals surface area contributed by atoms with Crippen LogP contribution >= 0.6 is 27.5 Å². The van der Waals surface area contributed by atoms with E-state index in [9.17, 15) is 0 Å². The maximum Gasteiger partial charge on any atom is 0.0367 e. The molecular formula is C13H16BrCl. The third-order valence-electron chi connectivity index (χ3n) is 3.20. The van der Waals surface area contributed by atoms with Crippen LogP contribution in [0.2, 0.25) is 0 Å². The molecule has 0 aromatic heterocycles. The normalized spacial score (nSPS) is 26.5. The Morgan fingerprint density at radius 1 is 1.27 bits per heavy atom. The van der Waals surface area contributed by atoms with Crippen molar-refractivity contribution in [2.45, 2.75) is 37.5 Å². The molecule has 0 spiro atoms. The predicted molar refractivity (Wildman–Crippen MR) is 69.4 cm³/mol. The molecular weight excluding hydrogens is 271 g/mol. The molecule has 2 unspecified atom stereocenters. The van der Waals surface area contributed by atoms with Gasteiger partial charge in [0, 0.05) is 9.85 Å². The van der Waals surface area contributed by atoms with Gasteiger partial charge in [0.15, 0.2) is 0 Å². The second kappa shape index (κ2) is 5.36. The average molecular weight is 288 g/mol. The van der Waals surface area contributed by atoms with Crippen molar-refractivity contribution in [2.24, 2.45) is 5.92 Å². The van der Waals surface area contributed by atoms with Gasteiger partial charge >= 0.3 is 0 Å². The standard InChI is InChI=1S/C13H16BrCl/c14-12-6-3-4-10(9-12)8-11-5-1-2-7-13(11)15/h3-4,6,9,11,13H,1-2,5,7-8H2. The van der Waals surface area contributed by atoms with Gasteiger partial charge in [0.1, 0.15) is 0 Å². The van der Waals surface area contributed by atoms with E-state index in [0.717, 1.165) is 6.42 Å². The Morgan fingerprint density at radius 2 is 2.07 bits per heavy atom. The largest absolute Gasteiger partial charge is 0.123 e. The summed E-state index contributed by atoms with van der Waals surface area (Å²) in [6.07, 6.45) is 6.28. The molecule has 15 heavy (non-hydrogen) atoms. The van der Waals surface area contributed by atoms with Crippen LogP contribution in [0, 0.1) is 5.92 Å². The van der Waals surface area contributed by atoms with Crippen molar-refractivity contribution >= 4 is 27.5 Å². The Bertz CT molecular complexity index is 324. The highest BCUT2D eigenvalue weighted by atomic mass is 79.9. The molecule has 0 radical (unpaired) electrons. The summed E-state index contributed by atoms with van der Waals surface area (Å²) in [4.78, 5) is 0. The van der Waals surface area contributed by atoms with Crippen LogP contribution < -0.4 is 0 Å². The molecule has 2 heteroatoms. The van der Waals surface area contributed by atoms with E-state index in [4.69, 9.17) is 11.6 Å². The third kappa shape index (κ3) is 3.22. The maximum atomic E-state index is 6.36. The molecule has 0 heterocycles. The topological polar surface area (TPSA) is 0 Å². The van der Waals surface area contributed by atoms with Crippen molar-refractivity contribution in [3.8, 4) is 0 Å². The molecule has 1 aromatic carbocycles. The van der Waals surface area contributed by atoms with Crippen molar-refractivity contribution in [3.05, 3.63) is 34.3 Å². The van der Waals surface area contributed by atoms with Crippen molar-refractivity contribution in [3.63, 3.8) is 0 Å². The highest BCUT2D eigenvalue weighted by molar-refractivity contribution is 9.10. The number of rotatable bonds is 2. The monoisotopic (exact) mass is 286 g/mol. The molecule has 1 aromatic rings. The van der Waals surface area contributed by atoms with E-state index in [1.54, 1.807) is 0 Å². The molecule has 1 aliphatic rings. The molecule has 1 saturated carbocycles. The van der Waals surface area contributed by atoms with Crippen LogP contribution in [-0.2, 0) is 6.42 Å². The summed E-state index contributed by atoms with van der Waals surface area (Å²) in [5.74, 6) is 0.676. The summed E-state index contributed by atoms with van der Waals surface area (Å²) in [6.45, 7) is 0. The van der Waals surface area contributed by atoms with Crippen LogP contribution in [0.3, 0.4) is 0 Å². The fraction of sp³-hybridized carbons (Fsp3) is 0.538. The van der Waals surface area contributed by atoms with E-state index in [0.29, 0.717) is 11.3 Å². The summed E-state index contributed by atoms with van der Waals surface area (Å²) < 4.78 is 1.17. The smallest absolute Gasteiger partial charge is 0.0367 e. The van der Waals surface area contributed by atoms with Crippen molar-refractivity contribution < 1.29 is 0 Å². The lowest BCUT2D eigenvalue weighted by atomic mass is 9.84. The number of benzene rings is 1. The van der Waals surface area contributed by atoms with Gasteiger partial charge in [-0.1, -0.05) is 40.9 Å². The summed E-state index contributed by atoms with van der Waals surface area (Å²) in [5.41, 5.74) is 1.40. The highest BCUT2D eigenvalue weighted by Gasteiger charge is 2.23. The molecule has 0 amide bonds. The Kier molecular flexibility index (Phi) is 4.10. The van der Waals surface area contributed by atoms with E-state index >= 15 is 0 Å². The lowest BCUT2D eigenvalue weighted by Gasteiger charge is -2.27. The van der Waals surface area contributed by atoms with Gasteiger partial charge in [-0.2, -0.15) is 0 Å². The van der Waals surface area contributed by atoms with Crippen LogP contribution in [0.5, 0.6) is 0 Å². The molecule has 82 valence electrons. The Morgan fingerprint density at radius 3 is 2.80 bits per heavy atom. The first-order valence-corrected chi connectivity index (χ1v) is 6.87. The molecule has 0 aliphatic heterocycles. The van der Waals surface area contributed by atoms with E-state index in [1.165, 1.54) is 35.7 Å². The van der Waals surface area contributed by atoms with Crippen LogP contribution in [0.15, 0.2) is 28.7 Å². The molecule has 0 nitrogen and oxygen atoms in total. The van der Waals surface area contributed by atoms with E-state index in [-0.39, 0.29) is 0 Å². The summed E-state index contributed by atoms with van der Waals surface area (Å²) in [6, 6.07) is 8.58. The predicted octanol–water partition coefficient (Wildman–Crippen LogP) is 4.79. The highest BCUT2D eigenvalue weighted by Crippen LogP contribution is 2.31. The minimum atomic E-state index is 0.387. The van der Waals surface area contributed by atoms with Gasteiger partial charge in [0.2, 0.25) is 0 Å². The van der Waals surface area contributed by atoms with Crippen molar-refractivity contribution in [1.29, 1.82) is 0 Å². The van der Waals surface area contributed by atoms with E-state index in [2.05, 4.69) is 40.2 Å². The summed E-state index contributed by atoms with van der Waals surface area (Å²) >= 11 is 9.87. The number of alkyl halides is 1. The molecule has 1 aliphatic carbocycles. The second-order valence-electron chi connectivity index (χ2n) is 4.39. The Hall–Kier alpha value is -0.0100. The van der Waals surface area contributed by atoms with Crippen molar-refractivity contribution in [2.75, 3.05) is 0 Å². The number of hydrogen-bond donors (Lipinski definition) is 0. The second-order valence-corrected chi connectivity index (χ2v) is 5.87. The fourth-order valence-electron chi connectivity index (χ4n) is 2.36. The Balaban J connectivity index is 2.01. The zero-order valence-corrected chi connectivity index (χ0v) is 11.1. The zero-order valence-electron chi connectivity index (χ0n) is 8.76. The molecule has 2 rings (SSSR count). The molecule has 1 fully saturated rings. The lowest BCUT2D eigenvalue weighted by molar-refractivity contribution is 0.364. The SMILES string of the molecule is ClC1CCCCC1Cc1cccc(Br)c1. The fourth-order valence-corrected chi connectivity index (χ4v) is 3.18. The van der Waals surface area contributed by atoms with Gasteiger partial charge in [-0.15, -0.1) is 11.6 Å². The Labute approximate surface area is 105 Å². The van der Waals surface area contributed by atoms with Crippen LogP contribution in [0.25, 0.3) is 0 Å². The van der Waals surface area contributed by atoms with Gasteiger partial charge in [-0.3, -0.25) is 0 Å². The van der Waals surface area contributed by atoms with Crippen LogP contribution in [-0.4, -0.2) is 5.38 Å². The summed E-state index contributed by atoms with van der Waals surface area (Å²) in [5, 5.41) is 0.387. The van der Waals surface area contributed by atoms with Crippen molar-refractivity contribution in [1.82, 2.24) is 0 Å². The first kappa shape index (κ1) is 11.5. The van der Waals surface area contributed by atoms with Gasteiger partial charge in [-0.05, 0) is 42.9 Å². The molecule has 0 saturated heterocycles. The molecule has 0 N–H and O–H groups in total. The van der Waals surface area contributed by atoms with Gasteiger partial charge in [-0.25, -0.2) is 0 Å². The first-order chi connectivity index (χ1) is 7.25. The average Bonchev–Trinajstić information content (AvgIpc) is 2.22. The number of halogens is 2. The maximum absolute atomic E-state index is 6.36.